The molecule has 0 unspecified atom stereocenters. The molecule has 0 aliphatic heterocycles. The zero-order valence-electron chi connectivity index (χ0n) is 14.2. The van der Waals surface area contributed by atoms with Crippen LogP contribution in [0.25, 0.3) is 0 Å². The van der Waals surface area contributed by atoms with E-state index < -0.39 is 17.7 Å². The van der Waals surface area contributed by atoms with Crippen LogP contribution in [0.4, 0.5) is 4.79 Å². The number of esters is 1. The Morgan fingerprint density at radius 1 is 1.25 bits per heavy atom. The van der Waals surface area contributed by atoms with E-state index in [9.17, 15) is 9.59 Å². The summed E-state index contributed by atoms with van der Waals surface area (Å²) >= 11 is 3.39. The van der Waals surface area contributed by atoms with E-state index in [2.05, 4.69) is 26.0 Å². The van der Waals surface area contributed by atoms with Gasteiger partial charge in [0.1, 0.15) is 17.5 Å². The molecular formula is C17H22BrNO5. The number of ether oxygens (including phenoxy) is 3. The summed E-state index contributed by atoms with van der Waals surface area (Å²) in [4.78, 5) is 23.2. The number of rotatable bonds is 4. The molecule has 0 bridgehead atoms. The zero-order chi connectivity index (χ0) is 17.9. The molecule has 1 aromatic rings. The smallest absolute Gasteiger partial charge is 0.407 e. The van der Waals surface area contributed by atoms with Crippen molar-refractivity contribution >= 4 is 28.0 Å². The molecule has 1 aromatic carbocycles. The Morgan fingerprint density at radius 2 is 1.92 bits per heavy atom. The van der Waals surface area contributed by atoms with Crippen molar-refractivity contribution in [3.8, 4) is 5.75 Å². The summed E-state index contributed by atoms with van der Waals surface area (Å²) in [5.74, 6) is 0.260. The molecule has 1 aliphatic rings. The molecule has 1 N–H and O–H groups in total. The Hall–Kier alpha value is -1.76. The third-order valence-corrected chi connectivity index (χ3v) is 4.08. The van der Waals surface area contributed by atoms with Gasteiger partial charge in [0.25, 0.3) is 0 Å². The average Bonchev–Trinajstić information content (AvgIpc) is 2.43. The van der Waals surface area contributed by atoms with Crippen molar-refractivity contribution in [2.75, 3.05) is 7.11 Å². The molecule has 0 heterocycles. The monoisotopic (exact) mass is 399 g/mol. The number of carbonyl (C=O) groups excluding carboxylic acids is 2. The summed E-state index contributed by atoms with van der Waals surface area (Å²) < 4.78 is 16.5. The number of benzene rings is 1. The molecule has 0 spiro atoms. The number of alkyl carbamates (subject to hydrolysis) is 1. The van der Waals surface area contributed by atoms with Crippen LogP contribution in [-0.4, -0.2) is 36.9 Å². The SMILES string of the molecule is COC(=O)c1ccc(O[C@H]2C[C@H](NC(=O)OC(C)(C)C)C2)c(Br)c1. The third kappa shape index (κ3) is 5.12. The molecule has 1 saturated carbocycles. The molecule has 24 heavy (non-hydrogen) atoms. The van der Waals surface area contributed by atoms with Gasteiger partial charge in [0.05, 0.1) is 17.1 Å². The molecule has 2 rings (SSSR count). The van der Waals surface area contributed by atoms with Crippen molar-refractivity contribution in [2.45, 2.75) is 51.4 Å². The first-order valence-corrected chi connectivity index (χ1v) is 8.51. The predicted molar refractivity (Wildman–Crippen MR) is 92.3 cm³/mol. The summed E-state index contributed by atoms with van der Waals surface area (Å²) in [5, 5.41) is 2.82. The molecule has 0 atom stereocenters. The summed E-state index contributed by atoms with van der Waals surface area (Å²) in [6.45, 7) is 5.48. The number of halogens is 1. The Morgan fingerprint density at radius 3 is 2.46 bits per heavy atom. The second-order valence-electron chi connectivity index (χ2n) is 6.69. The molecule has 0 saturated heterocycles. The summed E-state index contributed by atoms with van der Waals surface area (Å²) in [6, 6.07) is 5.10. The fraction of sp³-hybridized carbons (Fsp3) is 0.529. The number of hydrogen-bond donors (Lipinski definition) is 1. The minimum atomic E-state index is -0.504. The van der Waals surface area contributed by atoms with Crippen LogP contribution in [0.5, 0.6) is 5.75 Å². The molecule has 132 valence electrons. The first kappa shape index (κ1) is 18.6. The highest BCUT2D eigenvalue weighted by Gasteiger charge is 2.33. The van der Waals surface area contributed by atoms with Gasteiger partial charge in [0, 0.05) is 18.9 Å². The van der Waals surface area contributed by atoms with Crippen molar-refractivity contribution in [2.24, 2.45) is 0 Å². The van der Waals surface area contributed by atoms with E-state index in [1.165, 1.54) is 7.11 Å². The molecule has 1 amide bonds. The average molecular weight is 400 g/mol. The third-order valence-electron chi connectivity index (χ3n) is 3.46. The van der Waals surface area contributed by atoms with Crippen LogP contribution in [-0.2, 0) is 9.47 Å². The van der Waals surface area contributed by atoms with Gasteiger partial charge in [-0.25, -0.2) is 9.59 Å². The van der Waals surface area contributed by atoms with Gasteiger partial charge in [-0.2, -0.15) is 0 Å². The van der Waals surface area contributed by atoms with Crippen LogP contribution < -0.4 is 10.1 Å². The molecule has 0 radical (unpaired) electrons. The van der Waals surface area contributed by atoms with Crippen molar-refractivity contribution in [3.05, 3.63) is 28.2 Å². The van der Waals surface area contributed by atoms with E-state index >= 15 is 0 Å². The van der Waals surface area contributed by atoms with E-state index in [-0.39, 0.29) is 12.1 Å². The lowest BCUT2D eigenvalue weighted by Crippen LogP contribution is -2.50. The van der Waals surface area contributed by atoms with E-state index in [0.29, 0.717) is 28.6 Å². The van der Waals surface area contributed by atoms with E-state index in [4.69, 9.17) is 9.47 Å². The van der Waals surface area contributed by atoms with Crippen LogP contribution in [0.2, 0.25) is 0 Å². The van der Waals surface area contributed by atoms with Gasteiger partial charge >= 0.3 is 12.1 Å². The lowest BCUT2D eigenvalue weighted by Gasteiger charge is -2.36. The summed E-state index contributed by atoms with van der Waals surface area (Å²) in [6.07, 6.45) is 1.04. The van der Waals surface area contributed by atoms with E-state index in [1.807, 2.05) is 20.8 Å². The zero-order valence-corrected chi connectivity index (χ0v) is 15.8. The largest absolute Gasteiger partial charge is 0.489 e. The second-order valence-corrected chi connectivity index (χ2v) is 7.55. The number of amides is 1. The van der Waals surface area contributed by atoms with E-state index in [1.54, 1.807) is 18.2 Å². The Bertz CT molecular complexity index is 620. The highest BCUT2D eigenvalue weighted by molar-refractivity contribution is 9.10. The fourth-order valence-electron chi connectivity index (χ4n) is 2.27. The maximum absolute atomic E-state index is 11.7. The molecule has 1 fully saturated rings. The topological polar surface area (TPSA) is 73.9 Å². The maximum atomic E-state index is 11.7. The fourth-order valence-corrected chi connectivity index (χ4v) is 2.75. The predicted octanol–water partition coefficient (Wildman–Crippen LogP) is 3.67. The molecule has 6 nitrogen and oxygen atoms in total. The van der Waals surface area contributed by atoms with E-state index in [0.717, 1.165) is 0 Å². The summed E-state index contributed by atoms with van der Waals surface area (Å²) in [7, 11) is 1.34. The van der Waals surface area contributed by atoms with Gasteiger partial charge in [-0.05, 0) is 54.9 Å². The first-order chi connectivity index (χ1) is 11.2. The lowest BCUT2D eigenvalue weighted by atomic mass is 9.89. The standard InChI is InChI=1S/C17H22BrNO5/c1-17(2,3)24-16(21)19-11-8-12(9-11)23-14-6-5-10(7-13(14)18)15(20)22-4/h5-7,11-12H,8-9H2,1-4H3,(H,19,21)/t11-,12-. The van der Waals surface area contributed by atoms with Crippen molar-refractivity contribution < 1.29 is 23.8 Å². The molecule has 0 aromatic heterocycles. The highest BCUT2D eigenvalue weighted by Crippen LogP contribution is 2.32. The number of methoxy groups -OCH3 is 1. The highest BCUT2D eigenvalue weighted by atomic mass is 79.9. The molecule has 7 heteroatoms. The first-order valence-electron chi connectivity index (χ1n) is 7.72. The molecule has 1 aliphatic carbocycles. The Balaban J connectivity index is 1.81. The Labute approximate surface area is 150 Å². The van der Waals surface area contributed by atoms with Crippen molar-refractivity contribution in [1.82, 2.24) is 5.32 Å². The van der Waals surface area contributed by atoms with Gasteiger partial charge < -0.3 is 19.5 Å². The van der Waals surface area contributed by atoms with Gasteiger partial charge in [0.15, 0.2) is 0 Å². The minimum Gasteiger partial charge on any atom is -0.489 e. The normalized spacial score (nSPS) is 19.9. The van der Waals surface area contributed by atoms with Crippen LogP contribution in [0.3, 0.4) is 0 Å². The summed E-state index contributed by atoms with van der Waals surface area (Å²) in [5.41, 5.74) is -0.0505. The van der Waals surface area contributed by atoms with Gasteiger partial charge in [0.2, 0.25) is 0 Å². The number of carbonyl (C=O) groups is 2. The van der Waals surface area contributed by atoms with Crippen LogP contribution in [0.15, 0.2) is 22.7 Å². The second kappa shape index (κ2) is 7.42. The van der Waals surface area contributed by atoms with Gasteiger partial charge in [-0.3, -0.25) is 0 Å². The van der Waals surface area contributed by atoms with Crippen molar-refractivity contribution in [3.63, 3.8) is 0 Å². The Kier molecular flexibility index (Phi) is 5.74. The van der Waals surface area contributed by atoms with Crippen LogP contribution in [0.1, 0.15) is 44.0 Å². The van der Waals surface area contributed by atoms with Crippen molar-refractivity contribution in [1.29, 1.82) is 0 Å². The molecular weight excluding hydrogens is 378 g/mol. The lowest BCUT2D eigenvalue weighted by molar-refractivity contribution is 0.0361. The van der Waals surface area contributed by atoms with Gasteiger partial charge in [-0.15, -0.1) is 0 Å². The number of hydrogen-bond acceptors (Lipinski definition) is 5. The maximum Gasteiger partial charge on any atom is 0.407 e. The van der Waals surface area contributed by atoms with Crippen LogP contribution in [0, 0.1) is 0 Å². The number of nitrogens with one attached hydrogen (secondary N) is 1. The quantitative estimate of drug-likeness (QED) is 0.781. The van der Waals surface area contributed by atoms with Gasteiger partial charge in [-0.1, -0.05) is 0 Å². The van der Waals surface area contributed by atoms with Crippen LogP contribution >= 0.6 is 15.9 Å². The minimum absolute atomic E-state index is 0.0187.